The van der Waals surface area contributed by atoms with Crippen LogP contribution in [0.5, 0.6) is 0 Å². The zero-order valence-corrected chi connectivity index (χ0v) is 20.6. The maximum Gasteiger partial charge on any atom is 0.312 e. The Hall–Kier alpha value is -1.97. The van der Waals surface area contributed by atoms with Crippen molar-refractivity contribution in [3.63, 3.8) is 0 Å². The third-order valence-corrected chi connectivity index (χ3v) is 10.7. The number of hydrogen-bond donors (Lipinski definition) is 2. The molecular weight excluding hydrogens is 454 g/mol. The molecule has 5 fully saturated rings. The highest BCUT2D eigenvalue weighted by atomic mass is 32.2. The lowest BCUT2D eigenvalue weighted by atomic mass is 9.46. The van der Waals surface area contributed by atoms with Crippen LogP contribution in [-0.2, 0) is 14.3 Å². The molecule has 0 aliphatic heterocycles. The van der Waals surface area contributed by atoms with E-state index in [1.54, 1.807) is 25.3 Å². The van der Waals surface area contributed by atoms with Crippen molar-refractivity contribution in [2.24, 2.45) is 28.6 Å². The van der Waals surface area contributed by atoms with Crippen molar-refractivity contribution in [3.8, 4) is 0 Å². The summed E-state index contributed by atoms with van der Waals surface area (Å²) < 4.78 is 8.18. The second kappa shape index (κ2) is 8.60. The number of fused-ring (bicyclic) bond motifs is 2. The average Bonchev–Trinajstić information content (AvgIpc) is 3.17. The number of aldehydes is 1. The van der Waals surface area contributed by atoms with Crippen molar-refractivity contribution >= 4 is 29.9 Å². The molecular formula is C25H33N3O5S. The quantitative estimate of drug-likeness (QED) is 0.196. The normalized spacial score (nSPS) is 37.5. The third kappa shape index (κ3) is 3.34. The van der Waals surface area contributed by atoms with E-state index >= 15 is 0 Å². The molecule has 1 aromatic carbocycles. The zero-order chi connectivity index (χ0) is 24.1. The van der Waals surface area contributed by atoms with Crippen molar-refractivity contribution < 1.29 is 19.2 Å². The summed E-state index contributed by atoms with van der Waals surface area (Å²) in [6, 6.07) is 7.15. The number of methoxy groups -OCH3 is 1. The Morgan fingerprint density at radius 2 is 1.94 bits per heavy atom. The molecule has 8 nitrogen and oxygen atoms in total. The van der Waals surface area contributed by atoms with Gasteiger partial charge in [0.2, 0.25) is 0 Å². The number of nitro groups is 1. The van der Waals surface area contributed by atoms with Crippen LogP contribution < -0.4 is 10.0 Å². The van der Waals surface area contributed by atoms with Crippen LogP contribution in [0.4, 0.5) is 5.69 Å². The number of hydrogen-bond acceptors (Lipinski definition) is 8. The van der Waals surface area contributed by atoms with Gasteiger partial charge >= 0.3 is 5.97 Å². The summed E-state index contributed by atoms with van der Waals surface area (Å²) in [5, 5.41) is 14.3. The van der Waals surface area contributed by atoms with Crippen LogP contribution in [0.3, 0.4) is 0 Å². The fraction of sp³-hybridized carbons (Fsp3) is 0.680. The Balaban J connectivity index is 0.000000142. The van der Waals surface area contributed by atoms with E-state index in [-0.39, 0.29) is 17.1 Å². The van der Waals surface area contributed by atoms with Gasteiger partial charge in [0.25, 0.3) is 5.69 Å². The Bertz CT molecular complexity index is 997. The number of nitrogens with one attached hydrogen (secondary N) is 2. The molecule has 0 heterocycles. The molecule has 5 aliphatic rings. The SMILES string of the molecule is CNC1C2CC3CC4(C(=O)OC)CC1CC34C2.O=CC1(NSc2ccccc2[N+](=O)[O-])CCC1. The largest absolute Gasteiger partial charge is 0.469 e. The smallest absolute Gasteiger partial charge is 0.312 e. The van der Waals surface area contributed by atoms with Gasteiger partial charge in [0.05, 0.1) is 23.0 Å². The molecule has 5 aliphatic carbocycles. The molecule has 2 N–H and O–H groups in total. The highest BCUT2D eigenvalue weighted by molar-refractivity contribution is 7.97. The number of carbonyl (C=O) groups is 2. The number of nitrogens with zero attached hydrogens (tertiary/aromatic N) is 1. The molecule has 5 saturated carbocycles. The van der Waals surface area contributed by atoms with Crippen LogP contribution in [-0.4, -0.2) is 42.9 Å². The molecule has 0 amide bonds. The maximum atomic E-state index is 12.3. The van der Waals surface area contributed by atoms with E-state index in [1.165, 1.54) is 25.3 Å². The Morgan fingerprint density at radius 1 is 1.21 bits per heavy atom. The van der Waals surface area contributed by atoms with Gasteiger partial charge < -0.3 is 14.8 Å². The lowest BCUT2D eigenvalue weighted by molar-refractivity contribution is -0.387. The molecule has 6 rings (SSSR count). The van der Waals surface area contributed by atoms with Gasteiger partial charge in [-0.1, -0.05) is 12.1 Å². The summed E-state index contributed by atoms with van der Waals surface area (Å²) in [6.45, 7) is 0. The lowest BCUT2D eigenvalue weighted by Gasteiger charge is -2.56. The first-order valence-electron chi connectivity index (χ1n) is 12.2. The van der Waals surface area contributed by atoms with Crippen LogP contribution in [0.2, 0.25) is 0 Å². The van der Waals surface area contributed by atoms with Gasteiger partial charge in [-0.25, -0.2) is 4.72 Å². The first-order valence-corrected chi connectivity index (χ1v) is 13.0. The summed E-state index contributed by atoms with van der Waals surface area (Å²) in [5.74, 6) is 2.44. The van der Waals surface area contributed by atoms with E-state index in [0.717, 1.165) is 62.2 Å². The summed E-state index contributed by atoms with van der Waals surface area (Å²) >= 11 is 1.16. The van der Waals surface area contributed by atoms with E-state index in [2.05, 4.69) is 17.1 Å². The number of rotatable bonds is 7. The molecule has 0 aromatic heterocycles. The molecule has 6 unspecified atom stereocenters. The van der Waals surface area contributed by atoms with Gasteiger partial charge in [0, 0.05) is 12.1 Å². The van der Waals surface area contributed by atoms with E-state index in [0.29, 0.717) is 22.3 Å². The van der Waals surface area contributed by atoms with Crippen molar-refractivity contribution in [2.75, 3.05) is 14.2 Å². The van der Waals surface area contributed by atoms with Crippen LogP contribution in [0.25, 0.3) is 0 Å². The van der Waals surface area contributed by atoms with E-state index in [9.17, 15) is 19.7 Å². The number of esters is 1. The Morgan fingerprint density at radius 3 is 2.56 bits per heavy atom. The molecule has 1 spiro atoms. The van der Waals surface area contributed by atoms with Crippen LogP contribution in [0.15, 0.2) is 29.2 Å². The summed E-state index contributed by atoms with van der Waals surface area (Å²) in [5.41, 5.74) is -0.167. The number of benzene rings is 1. The van der Waals surface area contributed by atoms with Gasteiger partial charge in [-0.05, 0) is 99.6 Å². The van der Waals surface area contributed by atoms with Crippen molar-refractivity contribution in [1.29, 1.82) is 0 Å². The van der Waals surface area contributed by atoms with E-state index < -0.39 is 10.5 Å². The lowest BCUT2D eigenvalue weighted by Crippen LogP contribution is -2.57. The van der Waals surface area contributed by atoms with Gasteiger partial charge in [-0.3, -0.25) is 14.9 Å². The van der Waals surface area contributed by atoms with Gasteiger partial charge in [-0.2, -0.15) is 0 Å². The van der Waals surface area contributed by atoms with E-state index in [4.69, 9.17) is 4.74 Å². The molecule has 184 valence electrons. The zero-order valence-electron chi connectivity index (χ0n) is 19.7. The van der Waals surface area contributed by atoms with Gasteiger partial charge in [0.1, 0.15) is 11.2 Å². The predicted molar refractivity (Wildman–Crippen MR) is 128 cm³/mol. The second-order valence-electron chi connectivity index (χ2n) is 10.9. The van der Waals surface area contributed by atoms with Crippen LogP contribution in [0.1, 0.15) is 51.4 Å². The molecule has 34 heavy (non-hydrogen) atoms. The van der Waals surface area contributed by atoms with Crippen molar-refractivity contribution in [3.05, 3.63) is 34.4 Å². The molecule has 0 saturated heterocycles. The predicted octanol–water partition coefficient (Wildman–Crippen LogP) is 3.89. The fourth-order valence-corrected chi connectivity index (χ4v) is 8.95. The van der Waals surface area contributed by atoms with Gasteiger partial charge in [0.15, 0.2) is 0 Å². The summed E-state index contributed by atoms with van der Waals surface area (Å²) in [4.78, 5) is 34.1. The highest BCUT2D eigenvalue weighted by Gasteiger charge is 2.79. The minimum absolute atomic E-state index is 0.0605. The number of nitro benzene ring substituents is 1. The molecule has 3 bridgehead atoms. The fourth-order valence-electron chi connectivity index (χ4n) is 7.99. The Kier molecular flexibility index (Phi) is 6.01. The molecule has 6 atom stereocenters. The number of para-hydroxylation sites is 1. The molecule has 1 aromatic rings. The van der Waals surface area contributed by atoms with Crippen molar-refractivity contribution in [2.45, 2.75) is 67.8 Å². The van der Waals surface area contributed by atoms with Crippen LogP contribution >= 0.6 is 11.9 Å². The Labute approximate surface area is 204 Å². The summed E-state index contributed by atoms with van der Waals surface area (Å²) in [7, 11) is 3.65. The first kappa shape index (κ1) is 23.8. The minimum Gasteiger partial charge on any atom is -0.469 e. The average molecular weight is 488 g/mol. The third-order valence-electron chi connectivity index (χ3n) is 9.60. The highest BCUT2D eigenvalue weighted by Crippen LogP contribution is 2.81. The topological polar surface area (TPSA) is 111 Å². The molecule has 0 radical (unpaired) electrons. The summed E-state index contributed by atoms with van der Waals surface area (Å²) in [6.07, 6.45) is 9.60. The minimum atomic E-state index is -0.492. The van der Waals surface area contributed by atoms with Crippen molar-refractivity contribution in [1.82, 2.24) is 10.0 Å². The number of ether oxygens (including phenoxy) is 1. The standard InChI is InChI=1S/C14H21NO2.C11H12N2O3S/c1-15-11-8-3-10-7-14(12(16)17-2)6-9(11)5-13(10,14)4-8;14-8-11(6-3-7-11)12-17-10-5-2-1-4-9(10)13(15)16/h8-11,15H,3-7H2,1-2H3;1-2,4-5,8,12H,3,6-7H2. The van der Waals surface area contributed by atoms with Gasteiger partial charge in [-0.15, -0.1) is 0 Å². The monoisotopic (exact) mass is 487 g/mol. The van der Waals surface area contributed by atoms with E-state index in [1.807, 2.05) is 0 Å². The molecule has 9 heteroatoms. The number of carbonyl (C=O) groups excluding carboxylic acids is 2. The van der Waals surface area contributed by atoms with Crippen LogP contribution in [0, 0.1) is 38.7 Å². The second-order valence-corrected chi connectivity index (χ2v) is 11.7. The maximum absolute atomic E-state index is 12.3. The first-order chi connectivity index (χ1) is 16.3.